The molecule has 0 spiro atoms. The second kappa shape index (κ2) is 6.38. The smallest absolute Gasteiger partial charge is 0.339 e. The van der Waals surface area contributed by atoms with E-state index in [1.807, 2.05) is 53.7 Å². The monoisotopic (exact) mass is 356 g/mol. The molecule has 0 aliphatic heterocycles. The van der Waals surface area contributed by atoms with Crippen LogP contribution in [0.3, 0.4) is 0 Å². The molecule has 5 heteroatoms. The first-order valence-electron chi connectivity index (χ1n) is 8.70. The highest BCUT2D eigenvalue weighted by molar-refractivity contribution is 5.96. The molecule has 26 heavy (non-hydrogen) atoms. The summed E-state index contributed by atoms with van der Waals surface area (Å²) in [6, 6.07) is 3.69. The van der Waals surface area contributed by atoms with Gasteiger partial charge in [0.25, 0.3) is 0 Å². The number of benzene rings is 1. The van der Waals surface area contributed by atoms with E-state index in [1.165, 1.54) is 0 Å². The predicted octanol–water partition coefficient (Wildman–Crippen LogP) is 4.76. The number of aromatic nitrogens is 2. The van der Waals surface area contributed by atoms with Gasteiger partial charge < -0.3 is 10.2 Å². The van der Waals surface area contributed by atoms with Crippen LogP contribution < -0.4 is 0 Å². The lowest BCUT2D eigenvalue weighted by Gasteiger charge is -2.28. The van der Waals surface area contributed by atoms with Gasteiger partial charge in [0.2, 0.25) is 0 Å². The van der Waals surface area contributed by atoms with Gasteiger partial charge in [-0.2, -0.15) is 0 Å². The number of carboxylic acids is 1. The number of phenols is 1. The fourth-order valence-corrected chi connectivity index (χ4v) is 3.09. The number of nitrogens with zero attached hydrogens (tertiary/aromatic N) is 2. The van der Waals surface area contributed by atoms with Gasteiger partial charge in [-0.15, -0.1) is 0 Å². The fraction of sp³-hybridized carbons (Fsp3) is 0.476. The molecule has 1 heterocycles. The largest absolute Gasteiger partial charge is 0.507 e. The third-order valence-electron chi connectivity index (χ3n) is 4.41. The van der Waals surface area contributed by atoms with Crippen molar-refractivity contribution in [1.82, 2.24) is 9.97 Å². The molecule has 1 aromatic carbocycles. The standard InChI is InChI=1S/C21H28N2O3/c1-11-16(19(25)26)17(23-12(2)22-11)13-9-14(20(3,4)5)18(24)15(10-13)21(6,7)8/h9-10,24H,1-8H3,(H,25,26). The Kier molecular flexibility index (Phi) is 4.88. The van der Waals surface area contributed by atoms with E-state index < -0.39 is 5.97 Å². The molecule has 0 aliphatic rings. The summed E-state index contributed by atoms with van der Waals surface area (Å²) in [4.78, 5) is 20.5. The van der Waals surface area contributed by atoms with Gasteiger partial charge in [0, 0.05) is 16.7 Å². The molecule has 0 atom stereocenters. The number of phenolic OH excluding ortho intramolecular Hbond substituents is 1. The van der Waals surface area contributed by atoms with E-state index in [0.717, 1.165) is 11.1 Å². The summed E-state index contributed by atoms with van der Waals surface area (Å²) in [6.07, 6.45) is 0. The minimum Gasteiger partial charge on any atom is -0.507 e. The molecule has 5 nitrogen and oxygen atoms in total. The van der Waals surface area contributed by atoms with E-state index >= 15 is 0 Å². The molecular weight excluding hydrogens is 328 g/mol. The highest BCUT2D eigenvalue weighted by atomic mass is 16.4. The number of carbonyl (C=O) groups is 1. The second-order valence-corrected chi connectivity index (χ2v) is 8.80. The van der Waals surface area contributed by atoms with Crippen molar-refractivity contribution in [3.63, 3.8) is 0 Å². The van der Waals surface area contributed by atoms with Crippen LogP contribution in [0.5, 0.6) is 5.75 Å². The summed E-state index contributed by atoms with van der Waals surface area (Å²) in [6.45, 7) is 15.6. The molecule has 140 valence electrons. The van der Waals surface area contributed by atoms with Crippen molar-refractivity contribution in [2.24, 2.45) is 0 Å². The van der Waals surface area contributed by atoms with Crippen LogP contribution in [-0.4, -0.2) is 26.2 Å². The van der Waals surface area contributed by atoms with Gasteiger partial charge in [-0.25, -0.2) is 14.8 Å². The summed E-state index contributed by atoms with van der Waals surface area (Å²) in [7, 11) is 0. The summed E-state index contributed by atoms with van der Waals surface area (Å²) < 4.78 is 0. The zero-order valence-corrected chi connectivity index (χ0v) is 16.9. The van der Waals surface area contributed by atoms with Crippen LogP contribution >= 0.6 is 0 Å². The van der Waals surface area contributed by atoms with E-state index in [1.54, 1.807) is 13.8 Å². The van der Waals surface area contributed by atoms with Gasteiger partial charge in [0.15, 0.2) is 0 Å². The number of hydrogen-bond donors (Lipinski definition) is 2. The Labute approximate surface area is 155 Å². The molecule has 0 bridgehead atoms. The number of carboxylic acid groups (broad SMARTS) is 1. The van der Waals surface area contributed by atoms with Crippen LogP contribution in [0, 0.1) is 13.8 Å². The molecule has 0 radical (unpaired) electrons. The SMILES string of the molecule is Cc1nc(C)c(C(=O)O)c(-c2cc(C(C)(C)C)c(O)c(C(C)(C)C)c2)n1. The zero-order valence-electron chi connectivity index (χ0n) is 16.9. The molecule has 2 rings (SSSR count). The predicted molar refractivity (Wildman–Crippen MR) is 103 cm³/mol. The molecule has 0 aliphatic carbocycles. The van der Waals surface area contributed by atoms with Gasteiger partial charge in [0.1, 0.15) is 17.1 Å². The number of aromatic hydroxyl groups is 1. The minimum absolute atomic E-state index is 0.0982. The molecule has 2 N–H and O–H groups in total. The first kappa shape index (κ1) is 19.9. The van der Waals surface area contributed by atoms with E-state index in [4.69, 9.17) is 0 Å². The molecular formula is C21H28N2O3. The first-order chi connectivity index (χ1) is 11.7. The summed E-state index contributed by atoms with van der Waals surface area (Å²) in [5, 5.41) is 20.6. The summed E-state index contributed by atoms with van der Waals surface area (Å²) in [5.74, 6) is -0.279. The van der Waals surface area contributed by atoms with Crippen molar-refractivity contribution in [3.8, 4) is 17.0 Å². The zero-order chi connectivity index (χ0) is 20.0. The molecule has 0 saturated heterocycles. The van der Waals surface area contributed by atoms with Gasteiger partial charge >= 0.3 is 5.97 Å². The maximum Gasteiger partial charge on any atom is 0.339 e. The normalized spacial score (nSPS) is 12.3. The highest BCUT2D eigenvalue weighted by Gasteiger charge is 2.28. The van der Waals surface area contributed by atoms with E-state index in [-0.39, 0.29) is 22.1 Å². The average Bonchev–Trinajstić information content (AvgIpc) is 2.43. The molecule has 0 fully saturated rings. The lowest BCUT2D eigenvalue weighted by atomic mass is 9.78. The number of aromatic carboxylic acids is 1. The van der Waals surface area contributed by atoms with Crippen LogP contribution in [0.4, 0.5) is 0 Å². The lowest BCUT2D eigenvalue weighted by Crippen LogP contribution is -2.18. The van der Waals surface area contributed by atoms with Crippen molar-refractivity contribution in [1.29, 1.82) is 0 Å². The van der Waals surface area contributed by atoms with Gasteiger partial charge in [-0.1, -0.05) is 41.5 Å². The summed E-state index contributed by atoms with van der Waals surface area (Å²) >= 11 is 0. The molecule has 1 aromatic heterocycles. The topological polar surface area (TPSA) is 83.3 Å². The van der Waals surface area contributed by atoms with Crippen molar-refractivity contribution >= 4 is 5.97 Å². The van der Waals surface area contributed by atoms with Crippen LogP contribution in [0.25, 0.3) is 11.3 Å². The number of hydrogen-bond acceptors (Lipinski definition) is 4. The van der Waals surface area contributed by atoms with Gasteiger partial charge in [0.05, 0.1) is 11.4 Å². The van der Waals surface area contributed by atoms with Crippen LogP contribution in [0.2, 0.25) is 0 Å². The fourth-order valence-electron chi connectivity index (χ4n) is 3.09. The van der Waals surface area contributed by atoms with Crippen molar-refractivity contribution < 1.29 is 15.0 Å². The highest BCUT2D eigenvalue weighted by Crippen LogP contribution is 2.42. The van der Waals surface area contributed by atoms with Crippen LogP contribution in [0.1, 0.15) is 74.5 Å². The Bertz CT molecular complexity index is 837. The first-order valence-corrected chi connectivity index (χ1v) is 8.70. The Morgan fingerprint density at radius 1 is 0.923 bits per heavy atom. The summed E-state index contributed by atoms with van der Waals surface area (Å²) in [5.41, 5.74) is 2.53. The van der Waals surface area contributed by atoms with E-state index in [9.17, 15) is 15.0 Å². The van der Waals surface area contributed by atoms with E-state index in [2.05, 4.69) is 9.97 Å². The maximum absolute atomic E-state index is 11.8. The van der Waals surface area contributed by atoms with Gasteiger partial charge in [-0.05, 0) is 36.8 Å². The Morgan fingerprint density at radius 3 is 1.77 bits per heavy atom. The third-order valence-corrected chi connectivity index (χ3v) is 4.41. The van der Waals surface area contributed by atoms with Crippen molar-refractivity contribution in [2.45, 2.75) is 66.2 Å². The number of aryl methyl sites for hydroxylation is 2. The number of rotatable bonds is 2. The van der Waals surface area contributed by atoms with Gasteiger partial charge in [-0.3, -0.25) is 0 Å². The molecule has 2 aromatic rings. The third kappa shape index (κ3) is 3.71. The second-order valence-electron chi connectivity index (χ2n) is 8.80. The van der Waals surface area contributed by atoms with Crippen LogP contribution in [0.15, 0.2) is 12.1 Å². The average molecular weight is 356 g/mol. The molecule has 0 amide bonds. The molecule has 0 saturated carbocycles. The van der Waals surface area contributed by atoms with Crippen LogP contribution in [-0.2, 0) is 10.8 Å². The Morgan fingerprint density at radius 2 is 1.38 bits per heavy atom. The maximum atomic E-state index is 11.8. The minimum atomic E-state index is -1.06. The van der Waals surface area contributed by atoms with Crippen molar-refractivity contribution in [2.75, 3.05) is 0 Å². The Hall–Kier alpha value is -2.43. The molecule has 0 unspecified atom stereocenters. The van der Waals surface area contributed by atoms with E-state index in [0.29, 0.717) is 22.8 Å². The van der Waals surface area contributed by atoms with Crippen molar-refractivity contribution in [3.05, 3.63) is 40.3 Å². The Balaban J connectivity index is 2.94. The quantitative estimate of drug-likeness (QED) is 0.810. The lowest BCUT2D eigenvalue weighted by molar-refractivity contribution is 0.0696.